The molecule has 1 atom stereocenters. The van der Waals surface area contributed by atoms with Crippen molar-refractivity contribution in [3.05, 3.63) is 65.7 Å². The van der Waals surface area contributed by atoms with Crippen LogP contribution < -0.4 is 5.32 Å². The number of rotatable bonds is 5. The predicted octanol–water partition coefficient (Wildman–Crippen LogP) is 4.66. The summed E-state index contributed by atoms with van der Waals surface area (Å²) in [5.41, 5.74) is 2.48. The van der Waals surface area contributed by atoms with Crippen molar-refractivity contribution in [2.75, 3.05) is 11.9 Å². The van der Waals surface area contributed by atoms with Gasteiger partial charge in [-0.1, -0.05) is 55.7 Å². The Morgan fingerprint density at radius 2 is 1.64 bits per heavy atom. The Hall–Kier alpha value is -2.62. The number of hydrogen-bond acceptors (Lipinski definition) is 2. The van der Waals surface area contributed by atoms with Crippen molar-refractivity contribution in [1.29, 1.82) is 0 Å². The quantitative estimate of drug-likeness (QED) is 0.825. The van der Waals surface area contributed by atoms with Crippen LogP contribution in [-0.2, 0) is 11.2 Å². The third-order valence-corrected chi connectivity index (χ3v) is 6.13. The molecular weight excluding hydrogens is 348 g/mol. The van der Waals surface area contributed by atoms with Crippen LogP contribution in [-0.4, -0.2) is 29.3 Å². The maximum absolute atomic E-state index is 13.0. The molecular formula is C24H28N2O2. The van der Waals surface area contributed by atoms with Crippen molar-refractivity contribution in [2.24, 2.45) is 5.92 Å². The predicted molar refractivity (Wildman–Crippen MR) is 111 cm³/mol. The standard InChI is InChI=1S/C24H28N2O2/c27-23(18-9-3-1-4-10-18)25-22-14-8-7-11-19(22)17-20-15-16-26(24(20)28)21-12-5-2-6-13-21/h1,3-4,7-11,14,20-21H,2,5-6,12-13,15-17H2,(H,25,27). The second-order valence-corrected chi connectivity index (χ2v) is 7.99. The van der Waals surface area contributed by atoms with Crippen LogP contribution in [0.4, 0.5) is 5.69 Å². The molecule has 1 saturated carbocycles. The lowest BCUT2D eigenvalue weighted by Gasteiger charge is -2.31. The van der Waals surface area contributed by atoms with E-state index in [0.717, 1.165) is 37.1 Å². The van der Waals surface area contributed by atoms with Crippen LogP contribution in [0.15, 0.2) is 54.6 Å². The summed E-state index contributed by atoms with van der Waals surface area (Å²) in [5.74, 6) is 0.211. The minimum Gasteiger partial charge on any atom is -0.339 e. The van der Waals surface area contributed by atoms with Crippen molar-refractivity contribution < 1.29 is 9.59 Å². The maximum atomic E-state index is 13.0. The molecule has 2 fully saturated rings. The molecule has 1 saturated heterocycles. The first-order chi connectivity index (χ1) is 13.7. The van der Waals surface area contributed by atoms with Crippen LogP contribution in [0.3, 0.4) is 0 Å². The first kappa shape index (κ1) is 18.7. The topological polar surface area (TPSA) is 49.4 Å². The molecule has 1 aliphatic carbocycles. The van der Waals surface area contributed by atoms with Crippen LogP contribution in [0.1, 0.15) is 54.4 Å². The summed E-state index contributed by atoms with van der Waals surface area (Å²) in [6.45, 7) is 0.882. The monoisotopic (exact) mass is 376 g/mol. The first-order valence-electron chi connectivity index (χ1n) is 10.5. The van der Waals surface area contributed by atoms with Crippen LogP contribution in [0.25, 0.3) is 0 Å². The zero-order valence-electron chi connectivity index (χ0n) is 16.3. The van der Waals surface area contributed by atoms with Crippen molar-refractivity contribution in [2.45, 2.75) is 51.0 Å². The minimum atomic E-state index is -0.116. The van der Waals surface area contributed by atoms with Crippen molar-refractivity contribution in [3.63, 3.8) is 0 Å². The van der Waals surface area contributed by atoms with Gasteiger partial charge >= 0.3 is 0 Å². The second kappa shape index (κ2) is 8.59. The summed E-state index contributed by atoms with van der Waals surface area (Å²) < 4.78 is 0. The molecule has 2 aromatic carbocycles. The molecule has 0 aromatic heterocycles. The Labute approximate surface area is 166 Å². The molecule has 2 aromatic rings. The summed E-state index contributed by atoms with van der Waals surface area (Å²) in [5, 5.41) is 3.03. The third kappa shape index (κ3) is 4.11. The smallest absolute Gasteiger partial charge is 0.255 e. The maximum Gasteiger partial charge on any atom is 0.255 e. The lowest BCUT2D eigenvalue weighted by atomic mass is 9.94. The van der Waals surface area contributed by atoms with E-state index < -0.39 is 0 Å². The molecule has 1 unspecified atom stereocenters. The fraction of sp³-hybridized carbons (Fsp3) is 0.417. The van der Waals surface area contributed by atoms with E-state index in [1.165, 1.54) is 19.3 Å². The second-order valence-electron chi connectivity index (χ2n) is 7.99. The molecule has 4 heteroatoms. The highest BCUT2D eigenvalue weighted by molar-refractivity contribution is 6.04. The Morgan fingerprint density at radius 1 is 0.929 bits per heavy atom. The summed E-state index contributed by atoms with van der Waals surface area (Å²) in [6, 6.07) is 17.5. The summed E-state index contributed by atoms with van der Waals surface area (Å²) >= 11 is 0. The van der Waals surface area contributed by atoms with E-state index in [2.05, 4.69) is 10.2 Å². The van der Waals surface area contributed by atoms with Crippen LogP contribution >= 0.6 is 0 Å². The summed E-state index contributed by atoms with van der Waals surface area (Å²) in [4.78, 5) is 27.7. The van der Waals surface area contributed by atoms with Crippen LogP contribution in [0.2, 0.25) is 0 Å². The van der Waals surface area contributed by atoms with E-state index in [9.17, 15) is 9.59 Å². The van der Waals surface area contributed by atoms with Gasteiger partial charge in [-0.25, -0.2) is 0 Å². The first-order valence-corrected chi connectivity index (χ1v) is 10.5. The van der Waals surface area contributed by atoms with E-state index in [4.69, 9.17) is 0 Å². The molecule has 2 amide bonds. The number of hydrogen-bond donors (Lipinski definition) is 1. The van der Waals surface area contributed by atoms with E-state index in [0.29, 0.717) is 23.9 Å². The SMILES string of the molecule is O=C(Nc1ccccc1CC1CCN(C2CCCCC2)C1=O)c1ccccc1. The number of para-hydroxylation sites is 1. The normalized spacial score (nSPS) is 20.4. The average Bonchev–Trinajstić information content (AvgIpc) is 3.11. The number of nitrogens with one attached hydrogen (secondary N) is 1. The molecule has 0 bridgehead atoms. The van der Waals surface area contributed by atoms with Crippen LogP contribution in [0.5, 0.6) is 0 Å². The van der Waals surface area contributed by atoms with Crippen LogP contribution in [0, 0.1) is 5.92 Å². The highest BCUT2D eigenvalue weighted by atomic mass is 16.2. The Bertz CT molecular complexity index is 828. The average molecular weight is 377 g/mol. The fourth-order valence-electron chi connectivity index (χ4n) is 4.58. The van der Waals surface area contributed by atoms with Gasteiger partial charge in [-0.05, 0) is 49.4 Å². The van der Waals surface area contributed by atoms with Gasteiger partial charge < -0.3 is 10.2 Å². The summed E-state index contributed by atoms with van der Waals surface area (Å²) in [7, 11) is 0. The van der Waals surface area contributed by atoms with Gasteiger partial charge in [0.15, 0.2) is 0 Å². The number of anilines is 1. The van der Waals surface area contributed by atoms with Crippen molar-refractivity contribution in [1.82, 2.24) is 4.90 Å². The molecule has 1 N–H and O–H groups in total. The van der Waals surface area contributed by atoms with Gasteiger partial charge in [0.25, 0.3) is 5.91 Å². The van der Waals surface area contributed by atoms with Gasteiger partial charge in [0.05, 0.1) is 0 Å². The van der Waals surface area contributed by atoms with E-state index in [-0.39, 0.29) is 11.8 Å². The van der Waals surface area contributed by atoms with Gasteiger partial charge in [0, 0.05) is 29.8 Å². The van der Waals surface area contributed by atoms with Gasteiger partial charge in [-0.15, -0.1) is 0 Å². The molecule has 0 radical (unpaired) electrons. The Morgan fingerprint density at radius 3 is 2.43 bits per heavy atom. The Balaban J connectivity index is 1.44. The van der Waals surface area contributed by atoms with E-state index in [1.54, 1.807) is 12.1 Å². The van der Waals surface area contributed by atoms with Gasteiger partial charge in [0.1, 0.15) is 0 Å². The zero-order valence-corrected chi connectivity index (χ0v) is 16.3. The third-order valence-electron chi connectivity index (χ3n) is 6.13. The van der Waals surface area contributed by atoms with Gasteiger partial charge in [0.2, 0.25) is 5.91 Å². The highest BCUT2D eigenvalue weighted by Gasteiger charge is 2.36. The molecule has 2 aliphatic rings. The molecule has 146 valence electrons. The highest BCUT2D eigenvalue weighted by Crippen LogP contribution is 2.31. The molecule has 1 aliphatic heterocycles. The summed E-state index contributed by atoms with van der Waals surface area (Å²) in [6.07, 6.45) is 7.70. The lowest BCUT2D eigenvalue weighted by Crippen LogP contribution is -2.39. The van der Waals surface area contributed by atoms with Gasteiger partial charge in [-0.3, -0.25) is 9.59 Å². The Kier molecular flexibility index (Phi) is 5.75. The molecule has 28 heavy (non-hydrogen) atoms. The van der Waals surface area contributed by atoms with E-state index in [1.807, 2.05) is 42.5 Å². The molecule has 1 heterocycles. The molecule has 4 nitrogen and oxygen atoms in total. The fourth-order valence-corrected chi connectivity index (χ4v) is 4.58. The van der Waals surface area contributed by atoms with Gasteiger partial charge in [-0.2, -0.15) is 0 Å². The van der Waals surface area contributed by atoms with E-state index >= 15 is 0 Å². The number of carbonyl (C=O) groups excluding carboxylic acids is 2. The number of nitrogens with zero attached hydrogens (tertiary/aromatic N) is 1. The number of carbonyl (C=O) groups is 2. The zero-order chi connectivity index (χ0) is 19.3. The molecule has 4 rings (SSSR count). The molecule has 0 spiro atoms. The lowest BCUT2D eigenvalue weighted by molar-refractivity contribution is -0.133. The van der Waals surface area contributed by atoms with Crippen molar-refractivity contribution in [3.8, 4) is 0 Å². The minimum absolute atomic E-state index is 0.0247. The number of amides is 2. The number of likely N-dealkylation sites (tertiary alicyclic amines) is 1. The largest absolute Gasteiger partial charge is 0.339 e. The number of benzene rings is 2. The van der Waals surface area contributed by atoms with Crippen molar-refractivity contribution >= 4 is 17.5 Å².